The second-order valence-corrected chi connectivity index (χ2v) is 7.35. The lowest BCUT2D eigenvalue weighted by Crippen LogP contribution is -2.20. The van der Waals surface area contributed by atoms with E-state index < -0.39 is 0 Å². The summed E-state index contributed by atoms with van der Waals surface area (Å²) in [7, 11) is 0. The predicted molar refractivity (Wildman–Crippen MR) is 79.9 cm³/mol. The van der Waals surface area contributed by atoms with E-state index >= 15 is 0 Å². The molecule has 2 rings (SSSR count). The van der Waals surface area contributed by atoms with Crippen LogP contribution in [0.5, 0.6) is 5.75 Å². The Morgan fingerprint density at radius 3 is 2.59 bits per heavy atom. The van der Waals surface area contributed by atoms with E-state index in [-0.39, 0.29) is 10.8 Å². The Morgan fingerprint density at radius 2 is 2.00 bits per heavy atom. The van der Waals surface area contributed by atoms with E-state index in [2.05, 4.69) is 49.3 Å². The van der Waals surface area contributed by atoms with Gasteiger partial charge in [-0.25, -0.2) is 0 Å². The molecule has 1 aromatic rings. The summed E-state index contributed by atoms with van der Waals surface area (Å²) >= 11 is 7.53. The van der Waals surface area contributed by atoms with Crippen molar-refractivity contribution in [1.82, 2.24) is 0 Å². The number of fused-ring (bicyclic) bond motifs is 1. The van der Waals surface area contributed by atoms with Gasteiger partial charge < -0.3 is 10.5 Å². The maximum atomic E-state index is 5.91. The molecule has 0 saturated carbocycles. The number of benzene rings is 1. The van der Waals surface area contributed by atoms with Crippen molar-refractivity contribution in [2.24, 2.45) is 5.73 Å². The molecule has 0 radical (unpaired) electrons. The first-order valence-corrected chi connectivity index (χ1v) is 6.91. The highest BCUT2D eigenvalue weighted by Crippen LogP contribution is 2.32. The lowest BCUT2D eigenvalue weighted by Gasteiger charge is -2.22. The third kappa shape index (κ3) is 5.80. The van der Waals surface area contributed by atoms with Gasteiger partial charge in [0.15, 0.2) is 0 Å². The zero-order chi connectivity index (χ0) is 13.1. The monoisotopic (exact) mass is 317 g/mol. The van der Waals surface area contributed by atoms with Gasteiger partial charge in [0, 0.05) is 27.2 Å². The number of rotatable bonds is 0. The topological polar surface area (TPSA) is 35.2 Å². The van der Waals surface area contributed by atoms with Crippen LogP contribution in [-0.4, -0.2) is 11.4 Å². The van der Waals surface area contributed by atoms with Crippen LogP contribution in [0.1, 0.15) is 38.8 Å². The molecule has 0 spiro atoms. The molecule has 0 aliphatic carbocycles. The number of hydrogen-bond donors (Lipinski definition) is 2. The van der Waals surface area contributed by atoms with Crippen LogP contribution >= 0.6 is 28.6 Å². The van der Waals surface area contributed by atoms with E-state index in [1.54, 1.807) is 0 Å². The van der Waals surface area contributed by atoms with Gasteiger partial charge in [0.1, 0.15) is 5.75 Å². The summed E-state index contributed by atoms with van der Waals surface area (Å²) in [5.74, 6) is 0.928. The highest BCUT2D eigenvalue weighted by Gasteiger charge is 2.17. The minimum Gasteiger partial charge on any atom is -0.493 e. The Labute approximate surface area is 117 Å². The maximum absolute atomic E-state index is 5.91. The summed E-state index contributed by atoms with van der Waals surface area (Å²) in [5, 5.41) is 0. The Bertz CT molecular complexity index is 370. The second kappa shape index (κ2) is 6.12. The largest absolute Gasteiger partial charge is 0.493 e. The molecular weight excluding hydrogens is 298 g/mol. The summed E-state index contributed by atoms with van der Waals surface area (Å²) in [6.07, 6.45) is 0.906. The molecule has 4 heteroatoms. The van der Waals surface area contributed by atoms with E-state index in [0.717, 1.165) is 28.8 Å². The van der Waals surface area contributed by atoms with E-state index in [1.165, 1.54) is 0 Å². The van der Waals surface area contributed by atoms with Gasteiger partial charge in [0.25, 0.3) is 0 Å². The summed E-state index contributed by atoms with van der Waals surface area (Å²) in [6.45, 7) is 6.89. The fourth-order valence-corrected chi connectivity index (χ4v) is 1.77. The average Bonchev–Trinajstić information content (AvgIpc) is 2.17. The first-order chi connectivity index (χ1) is 7.77. The summed E-state index contributed by atoms with van der Waals surface area (Å²) < 4.78 is 6.70. The molecule has 1 aromatic carbocycles. The van der Waals surface area contributed by atoms with Gasteiger partial charge in [-0.15, -0.1) is 0 Å². The quantitative estimate of drug-likeness (QED) is 0.711. The molecule has 0 fully saturated rings. The van der Waals surface area contributed by atoms with Crippen molar-refractivity contribution < 1.29 is 4.74 Å². The van der Waals surface area contributed by atoms with Crippen LogP contribution in [0.25, 0.3) is 0 Å². The zero-order valence-electron chi connectivity index (χ0n) is 10.5. The van der Waals surface area contributed by atoms with E-state index in [9.17, 15) is 0 Å². The molecule has 1 aliphatic heterocycles. The fraction of sp³-hybridized carbons (Fsp3) is 0.538. The first-order valence-electron chi connectivity index (χ1n) is 5.67. The Kier molecular flexibility index (Phi) is 5.35. The number of hydrogen-bond acceptors (Lipinski definition) is 3. The van der Waals surface area contributed by atoms with Gasteiger partial charge in [0.2, 0.25) is 0 Å². The molecule has 0 bridgehead atoms. The third-order valence-electron chi connectivity index (χ3n) is 2.06. The predicted octanol–water partition coefficient (Wildman–Crippen LogP) is 3.95. The van der Waals surface area contributed by atoms with Crippen LogP contribution in [0.3, 0.4) is 0 Å². The number of halogens is 1. The van der Waals surface area contributed by atoms with Crippen molar-refractivity contribution in [3.05, 3.63) is 28.2 Å². The molecule has 0 amide bonds. The Hall–Kier alpha value is -0.190. The number of nitrogens with two attached hydrogens (primary N) is 1. The van der Waals surface area contributed by atoms with E-state index in [4.69, 9.17) is 10.5 Å². The Balaban J connectivity index is 0.000000249. The molecule has 1 atom stereocenters. The average molecular weight is 318 g/mol. The maximum Gasteiger partial charge on any atom is 0.124 e. The number of thiol groups is 1. The van der Waals surface area contributed by atoms with Crippen LogP contribution < -0.4 is 10.5 Å². The zero-order valence-corrected chi connectivity index (χ0v) is 13.0. The van der Waals surface area contributed by atoms with Gasteiger partial charge in [0.05, 0.1) is 6.61 Å². The smallest absolute Gasteiger partial charge is 0.124 e. The van der Waals surface area contributed by atoms with Crippen LogP contribution in [0.4, 0.5) is 0 Å². The molecule has 1 unspecified atom stereocenters. The molecule has 2 N–H and O–H groups in total. The molecule has 1 heterocycles. The standard InChI is InChI=1S/C9H10BrNO.C4H10S/c10-6-1-2-9-7(5-6)8(11)3-4-12-9;1-4(2,3)5/h1-2,5,8H,3-4,11H2;5H,1-3H3. The lowest BCUT2D eigenvalue weighted by molar-refractivity contribution is 0.269. The SMILES string of the molecule is CC(C)(C)S.NC1CCOc2ccc(Br)cc21. The molecule has 0 aromatic heterocycles. The molecule has 2 nitrogen and oxygen atoms in total. The van der Waals surface area contributed by atoms with Crippen LogP contribution in [-0.2, 0) is 0 Å². The van der Waals surface area contributed by atoms with Crippen molar-refractivity contribution in [3.63, 3.8) is 0 Å². The molecule has 17 heavy (non-hydrogen) atoms. The van der Waals surface area contributed by atoms with Crippen molar-refractivity contribution in [2.45, 2.75) is 38.0 Å². The van der Waals surface area contributed by atoms with Gasteiger partial charge in [-0.2, -0.15) is 12.6 Å². The van der Waals surface area contributed by atoms with Crippen molar-refractivity contribution in [1.29, 1.82) is 0 Å². The van der Waals surface area contributed by atoms with E-state index in [1.807, 2.05) is 18.2 Å². The minimum absolute atomic E-state index is 0.131. The highest BCUT2D eigenvalue weighted by molar-refractivity contribution is 9.10. The van der Waals surface area contributed by atoms with Crippen molar-refractivity contribution in [2.75, 3.05) is 6.61 Å². The summed E-state index contributed by atoms with van der Waals surface area (Å²) in [4.78, 5) is 0. The molecular formula is C13H20BrNOS. The second-order valence-electron chi connectivity index (χ2n) is 5.10. The lowest BCUT2D eigenvalue weighted by atomic mass is 10.0. The van der Waals surface area contributed by atoms with Crippen LogP contribution in [0.2, 0.25) is 0 Å². The van der Waals surface area contributed by atoms with Crippen LogP contribution in [0, 0.1) is 0 Å². The highest BCUT2D eigenvalue weighted by atomic mass is 79.9. The van der Waals surface area contributed by atoms with Gasteiger partial charge in [-0.3, -0.25) is 0 Å². The van der Waals surface area contributed by atoms with Gasteiger partial charge in [-0.1, -0.05) is 36.7 Å². The van der Waals surface area contributed by atoms with Crippen molar-refractivity contribution in [3.8, 4) is 5.75 Å². The van der Waals surface area contributed by atoms with Gasteiger partial charge >= 0.3 is 0 Å². The molecule has 1 aliphatic rings. The fourth-order valence-electron chi connectivity index (χ4n) is 1.39. The van der Waals surface area contributed by atoms with Crippen LogP contribution in [0.15, 0.2) is 22.7 Å². The molecule has 0 saturated heterocycles. The third-order valence-corrected chi connectivity index (χ3v) is 2.55. The normalized spacial score (nSPS) is 18.6. The summed E-state index contributed by atoms with van der Waals surface area (Å²) in [5.41, 5.74) is 7.02. The number of ether oxygens (including phenoxy) is 1. The van der Waals surface area contributed by atoms with E-state index in [0.29, 0.717) is 0 Å². The Morgan fingerprint density at radius 1 is 1.41 bits per heavy atom. The molecule has 96 valence electrons. The summed E-state index contributed by atoms with van der Waals surface area (Å²) in [6, 6.07) is 6.08. The first kappa shape index (κ1) is 14.9. The van der Waals surface area contributed by atoms with Crippen molar-refractivity contribution >= 4 is 28.6 Å². The van der Waals surface area contributed by atoms with Gasteiger partial charge in [-0.05, 0) is 18.2 Å². The minimum atomic E-state index is 0.131.